The van der Waals surface area contributed by atoms with Gasteiger partial charge in [-0.25, -0.2) is 0 Å². The molecule has 0 spiro atoms. The van der Waals surface area contributed by atoms with Crippen LogP contribution in [0.5, 0.6) is 5.75 Å². The third-order valence-corrected chi connectivity index (χ3v) is 3.44. The van der Waals surface area contributed by atoms with Crippen LogP contribution in [0.15, 0.2) is 30.3 Å². The molecule has 98 valence electrons. The fourth-order valence-electron chi connectivity index (χ4n) is 2.06. The molecule has 0 radical (unpaired) electrons. The highest BCUT2D eigenvalue weighted by atomic mass is 16.5. The Balaban J connectivity index is 1.81. The van der Waals surface area contributed by atoms with E-state index >= 15 is 0 Å². The number of benzene rings is 1. The average molecular weight is 248 g/mol. The number of hydrogen-bond acceptors (Lipinski definition) is 3. The van der Waals surface area contributed by atoms with Crippen LogP contribution in [0.3, 0.4) is 0 Å². The summed E-state index contributed by atoms with van der Waals surface area (Å²) in [6.07, 6.45) is 2.29. The molecule has 4 heteroatoms. The molecule has 0 saturated heterocycles. The molecule has 1 aromatic carbocycles. The molecule has 0 heterocycles. The zero-order valence-corrected chi connectivity index (χ0v) is 10.7. The second kappa shape index (κ2) is 5.40. The minimum atomic E-state index is -0.281. The highest BCUT2D eigenvalue weighted by molar-refractivity contribution is 5.78. The Morgan fingerprint density at radius 3 is 2.67 bits per heavy atom. The third-order valence-electron chi connectivity index (χ3n) is 3.44. The first kappa shape index (κ1) is 12.9. The quantitative estimate of drug-likeness (QED) is 0.797. The lowest BCUT2D eigenvalue weighted by atomic mass is 9.96. The van der Waals surface area contributed by atoms with Gasteiger partial charge in [-0.05, 0) is 37.8 Å². The van der Waals surface area contributed by atoms with Crippen LogP contribution in [0.4, 0.5) is 0 Å². The van der Waals surface area contributed by atoms with Crippen LogP contribution >= 0.6 is 0 Å². The summed E-state index contributed by atoms with van der Waals surface area (Å²) >= 11 is 0. The summed E-state index contributed by atoms with van der Waals surface area (Å²) in [6, 6.07) is 9.32. The number of carbonyl (C=O) groups is 1. The summed E-state index contributed by atoms with van der Waals surface area (Å²) < 4.78 is 5.41. The summed E-state index contributed by atoms with van der Waals surface area (Å²) in [5.41, 5.74) is 5.47. The van der Waals surface area contributed by atoms with E-state index in [2.05, 4.69) is 5.32 Å². The number of carbonyl (C=O) groups excluding carboxylic acids is 1. The molecule has 4 nitrogen and oxygen atoms in total. The van der Waals surface area contributed by atoms with Gasteiger partial charge >= 0.3 is 0 Å². The Hall–Kier alpha value is -1.55. The van der Waals surface area contributed by atoms with E-state index in [1.807, 2.05) is 37.3 Å². The average Bonchev–Trinajstić information content (AvgIpc) is 3.22. The van der Waals surface area contributed by atoms with Gasteiger partial charge in [0.2, 0.25) is 0 Å². The molecule has 0 bridgehead atoms. The summed E-state index contributed by atoms with van der Waals surface area (Å²) in [6.45, 7) is 2.51. The first-order valence-corrected chi connectivity index (χ1v) is 6.33. The van der Waals surface area contributed by atoms with Crippen molar-refractivity contribution >= 4 is 5.91 Å². The number of nitrogens with one attached hydrogen (secondary N) is 1. The molecule has 2 rings (SSSR count). The summed E-state index contributed by atoms with van der Waals surface area (Å²) in [4.78, 5) is 11.8. The highest BCUT2D eigenvalue weighted by Crippen LogP contribution is 2.38. The lowest BCUT2D eigenvalue weighted by Gasteiger charge is -2.29. The number of nitrogens with two attached hydrogens (primary N) is 1. The van der Waals surface area contributed by atoms with Gasteiger partial charge in [0.05, 0.1) is 5.54 Å². The first-order valence-electron chi connectivity index (χ1n) is 6.33. The van der Waals surface area contributed by atoms with Crippen molar-refractivity contribution in [1.82, 2.24) is 5.32 Å². The van der Waals surface area contributed by atoms with Crippen LogP contribution in [0.25, 0.3) is 0 Å². The van der Waals surface area contributed by atoms with Gasteiger partial charge in [0.25, 0.3) is 5.91 Å². The van der Waals surface area contributed by atoms with Crippen molar-refractivity contribution in [1.29, 1.82) is 0 Å². The molecular formula is C14H20N2O2. The van der Waals surface area contributed by atoms with Gasteiger partial charge in [0.15, 0.2) is 6.61 Å². The van der Waals surface area contributed by atoms with E-state index < -0.39 is 0 Å². The van der Waals surface area contributed by atoms with Crippen LogP contribution in [0, 0.1) is 5.92 Å². The summed E-state index contributed by atoms with van der Waals surface area (Å²) in [7, 11) is 0. The summed E-state index contributed by atoms with van der Waals surface area (Å²) in [5.74, 6) is 1.11. The zero-order valence-electron chi connectivity index (χ0n) is 10.7. The van der Waals surface area contributed by atoms with Crippen molar-refractivity contribution in [3.8, 4) is 5.75 Å². The van der Waals surface area contributed by atoms with Crippen molar-refractivity contribution in [3.05, 3.63) is 30.3 Å². The Kier molecular flexibility index (Phi) is 3.87. The number of para-hydroxylation sites is 1. The van der Waals surface area contributed by atoms with Crippen molar-refractivity contribution in [2.24, 2.45) is 11.7 Å². The van der Waals surface area contributed by atoms with Crippen molar-refractivity contribution < 1.29 is 9.53 Å². The SMILES string of the molecule is CC(CN)(NC(=O)COc1ccccc1)C1CC1. The van der Waals surface area contributed by atoms with E-state index in [0.717, 1.165) is 12.8 Å². The molecule has 0 aliphatic heterocycles. The minimum absolute atomic E-state index is 0.0341. The standard InChI is InChI=1S/C14H20N2O2/c1-14(10-15,11-7-8-11)16-13(17)9-18-12-5-3-2-4-6-12/h2-6,11H,7-10,15H2,1H3,(H,16,17). The van der Waals surface area contributed by atoms with Gasteiger partial charge in [0.1, 0.15) is 5.75 Å². The summed E-state index contributed by atoms with van der Waals surface area (Å²) in [5, 5.41) is 2.99. The predicted octanol–water partition coefficient (Wildman–Crippen LogP) is 1.31. The van der Waals surface area contributed by atoms with E-state index in [-0.39, 0.29) is 18.1 Å². The molecule has 3 N–H and O–H groups in total. The van der Waals surface area contributed by atoms with E-state index in [0.29, 0.717) is 18.2 Å². The maximum absolute atomic E-state index is 11.8. The predicted molar refractivity (Wildman–Crippen MR) is 70.3 cm³/mol. The molecule has 1 amide bonds. The molecule has 1 saturated carbocycles. The number of amides is 1. The van der Waals surface area contributed by atoms with Gasteiger partial charge in [-0.2, -0.15) is 0 Å². The van der Waals surface area contributed by atoms with Crippen LogP contribution < -0.4 is 15.8 Å². The molecule has 1 atom stereocenters. The maximum atomic E-state index is 11.8. The van der Waals surface area contributed by atoms with Crippen LogP contribution in [0.1, 0.15) is 19.8 Å². The number of rotatable bonds is 6. The fourth-order valence-corrected chi connectivity index (χ4v) is 2.06. The molecule has 1 aliphatic carbocycles. The molecule has 1 aromatic rings. The molecule has 0 aromatic heterocycles. The molecule has 1 fully saturated rings. The highest BCUT2D eigenvalue weighted by Gasteiger charge is 2.41. The van der Waals surface area contributed by atoms with Gasteiger partial charge in [-0.1, -0.05) is 18.2 Å². The molecule has 1 aliphatic rings. The topological polar surface area (TPSA) is 64.3 Å². The second-order valence-corrected chi connectivity index (χ2v) is 5.05. The van der Waals surface area contributed by atoms with Crippen LogP contribution in [0.2, 0.25) is 0 Å². The Labute approximate surface area is 108 Å². The van der Waals surface area contributed by atoms with E-state index in [1.54, 1.807) is 0 Å². The maximum Gasteiger partial charge on any atom is 0.258 e. The van der Waals surface area contributed by atoms with Crippen molar-refractivity contribution in [2.75, 3.05) is 13.2 Å². The normalized spacial score (nSPS) is 17.9. The van der Waals surface area contributed by atoms with Gasteiger partial charge < -0.3 is 15.8 Å². The minimum Gasteiger partial charge on any atom is -0.484 e. The Bertz CT molecular complexity index is 404. The van der Waals surface area contributed by atoms with Crippen LogP contribution in [-0.4, -0.2) is 24.6 Å². The monoisotopic (exact) mass is 248 g/mol. The van der Waals surface area contributed by atoms with E-state index in [1.165, 1.54) is 0 Å². The van der Waals surface area contributed by atoms with Crippen molar-refractivity contribution in [2.45, 2.75) is 25.3 Å². The zero-order chi connectivity index (χ0) is 13.0. The van der Waals surface area contributed by atoms with Crippen molar-refractivity contribution in [3.63, 3.8) is 0 Å². The lowest BCUT2D eigenvalue weighted by molar-refractivity contribution is -0.125. The Morgan fingerprint density at radius 1 is 1.44 bits per heavy atom. The molecule has 18 heavy (non-hydrogen) atoms. The third kappa shape index (κ3) is 3.23. The molecule has 1 unspecified atom stereocenters. The van der Waals surface area contributed by atoms with Gasteiger partial charge in [-0.15, -0.1) is 0 Å². The van der Waals surface area contributed by atoms with Gasteiger partial charge in [-0.3, -0.25) is 4.79 Å². The Morgan fingerprint density at radius 2 is 2.11 bits per heavy atom. The van der Waals surface area contributed by atoms with E-state index in [9.17, 15) is 4.79 Å². The largest absolute Gasteiger partial charge is 0.484 e. The lowest BCUT2D eigenvalue weighted by Crippen LogP contribution is -2.54. The first-order chi connectivity index (χ1) is 8.64. The smallest absolute Gasteiger partial charge is 0.258 e. The number of hydrogen-bond donors (Lipinski definition) is 2. The fraction of sp³-hybridized carbons (Fsp3) is 0.500. The van der Waals surface area contributed by atoms with Gasteiger partial charge in [0, 0.05) is 6.54 Å². The molecular weight excluding hydrogens is 228 g/mol. The van der Waals surface area contributed by atoms with E-state index in [4.69, 9.17) is 10.5 Å². The van der Waals surface area contributed by atoms with Crippen LogP contribution in [-0.2, 0) is 4.79 Å². The second-order valence-electron chi connectivity index (χ2n) is 5.05. The number of ether oxygens (including phenoxy) is 1.